The van der Waals surface area contributed by atoms with E-state index in [-0.39, 0.29) is 10.4 Å². The largest absolute Gasteiger partial charge is 0.276 e. The molecule has 1 heterocycles. The van der Waals surface area contributed by atoms with E-state index in [1.54, 1.807) is 19.2 Å². The van der Waals surface area contributed by atoms with E-state index in [9.17, 15) is 4.39 Å². The van der Waals surface area contributed by atoms with Gasteiger partial charge in [-0.15, -0.1) is 23.5 Å². The summed E-state index contributed by atoms with van der Waals surface area (Å²) in [6, 6.07) is 3.13. The number of thioether (sulfide) groups is 2. The summed E-state index contributed by atoms with van der Waals surface area (Å²) in [6.07, 6.45) is 2.80. The summed E-state index contributed by atoms with van der Waals surface area (Å²) in [5.74, 6) is 1.88. The van der Waals surface area contributed by atoms with Crippen LogP contribution in [-0.2, 0) is 0 Å². The predicted molar refractivity (Wildman–Crippen MR) is 81.5 cm³/mol. The topological polar surface area (TPSA) is 24.4 Å². The van der Waals surface area contributed by atoms with Crippen molar-refractivity contribution in [1.29, 1.82) is 0 Å². The second kappa shape index (κ2) is 6.68. The molecule has 0 spiro atoms. The molecule has 2 rings (SSSR count). The Labute approximate surface area is 120 Å². The fourth-order valence-corrected chi connectivity index (χ4v) is 4.97. The van der Waals surface area contributed by atoms with Crippen LogP contribution in [0.3, 0.4) is 0 Å². The Hall–Kier alpha value is -0.390. The molecule has 0 amide bonds. The minimum absolute atomic E-state index is 0.290. The molecule has 1 aliphatic rings. The molecule has 0 aliphatic carbocycles. The highest BCUT2D eigenvalue weighted by molar-refractivity contribution is 8.16. The van der Waals surface area contributed by atoms with Gasteiger partial charge in [0.05, 0.1) is 10.3 Å². The van der Waals surface area contributed by atoms with Crippen LogP contribution in [0.4, 0.5) is 10.1 Å². The Balaban J connectivity index is 2.28. The van der Waals surface area contributed by atoms with Gasteiger partial charge in [-0.2, -0.15) is 5.10 Å². The molecular formula is C12H14ClFN2S2. The Morgan fingerprint density at radius 1 is 1.44 bits per heavy atom. The van der Waals surface area contributed by atoms with E-state index in [1.165, 1.54) is 12.5 Å². The lowest BCUT2D eigenvalue weighted by molar-refractivity contribution is 0.630. The van der Waals surface area contributed by atoms with E-state index < -0.39 is 0 Å². The fourth-order valence-electron chi connectivity index (χ4n) is 1.63. The minimum Gasteiger partial charge on any atom is -0.276 e. The lowest BCUT2D eigenvalue weighted by Crippen LogP contribution is -2.03. The van der Waals surface area contributed by atoms with Crippen LogP contribution in [0, 0.1) is 5.82 Å². The predicted octanol–water partition coefficient (Wildman–Crippen LogP) is 4.77. The van der Waals surface area contributed by atoms with Gasteiger partial charge < -0.3 is 0 Å². The van der Waals surface area contributed by atoms with Crippen molar-refractivity contribution in [2.75, 3.05) is 16.9 Å². The van der Waals surface area contributed by atoms with Crippen LogP contribution in [-0.4, -0.2) is 17.7 Å². The van der Waals surface area contributed by atoms with Crippen molar-refractivity contribution in [2.45, 2.75) is 17.9 Å². The first-order valence-electron chi connectivity index (χ1n) is 5.68. The van der Waals surface area contributed by atoms with Crippen molar-refractivity contribution in [2.24, 2.45) is 5.10 Å². The number of hydrogen-bond acceptors (Lipinski definition) is 4. The van der Waals surface area contributed by atoms with Crippen LogP contribution < -0.4 is 5.43 Å². The third kappa shape index (κ3) is 3.33. The molecule has 1 aromatic rings. The maximum atomic E-state index is 13.7. The van der Waals surface area contributed by atoms with Crippen LogP contribution in [0.15, 0.2) is 17.2 Å². The van der Waals surface area contributed by atoms with Gasteiger partial charge in [-0.05, 0) is 42.5 Å². The van der Waals surface area contributed by atoms with Crippen LogP contribution in [0.2, 0.25) is 5.02 Å². The highest BCUT2D eigenvalue weighted by Gasteiger charge is 2.21. The van der Waals surface area contributed by atoms with Crippen LogP contribution in [0.5, 0.6) is 0 Å². The van der Waals surface area contributed by atoms with E-state index in [4.69, 9.17) is 11.6 Å². The zero-order valence-electron chi connectivity index (χ0n) is 9.95. The van der Waals surface area contributed by atoms with Gasteiger partial charge in [-0.1, -0.05) is 11.6 Å². The van der Waals surface area contributed by atoms with E-state index in [0.717, 1.165) is 17.1 Å². The first-order valence-corrected chi connectivity index (χ1v) is 8.15. The summed E-state index contributed by atoms with van der Waals surface area (Å²) >= 11 is 9.85. The number of anilines is 1. The van der Waals surface area contributed by atoms with Gasteiger partial charge in [-0.25, -0.2) is 4.39 Å². The van der Waals surface area contributed by atoms with Crippen molar-refractivity contribution in [3.8, 4) is 0 Å². The number of hydrogen-bond donors (Lipinski definition) is 1. The molecule has 1 fully saturated rings. The van der Waals surface area contributed by atoms with Crippen LogP contribution in [0.25, 0.3) is 0 Å². The fraction of sp³-hybridized carbons (Fsp3) is 0.417. The summed E-state index contributed by atoms with van der Waals surface area (Å²) in [6.45, 7) is 1.77. The van der Waals surface area contributed by atoms with Gasteiger partial charge in [-0.3, -0.25) is 5.43 Å². The molecule has 0 saturated carbocycles. The molecule has 0 atom stereocenters. The normalized spacial score (nSPS) is 17.3. The maximum Gasteiger partial charge on any atom is 0.149 e. The third-order valence-electron chi connectivity index (χ3n) is 2.48. The summed E-state index contributed by atoms with van der Waals surface area (Å²) in [7, 11) is 0. The molecule has 2 nitrogen and oxygen atoms in total. The highest BCUT2D eigenvalue weighted by atomic mass is 35.5. The standard InChI is InChI=1S/C12H14ClFN2S2/c1-2-15-16-11-6-8(9(13)7-10(11)14)12-17-4-3-5-18-12/h2,6-7,12,16H,3-5H2,1H3. The minimum atomic E-state index is -0.375. The van der Waals surface area contributed by atoms with Crippen molar-refractivity contribution in [3.63, 3.8) is 0 Å². The van der Waals surface area contributed by atoms with Gasteiger partial charge >= 0.3 is 0 Å². The third-order valence-corrected chi connectivity index (χ3v) is 5.79. The average molecular weight is 305 g/mol. The molecular weight excluding hydrogens is 291 g/mol. The van der Waals surface area contributed by atoms with E-state index >= 15 is 0 Å². The number of rotatable bonds is 3. The Morgan fingerprint density at radius 2 is 2.17 bits per heavy atom. The van der Waals surface area contributed by atoms with Gasteiger partial charge in [0.1, 0.15) is 5.82 Å². The molecule has 0 aromatic heterocycles. The molecule has 1 N–H and O–H groups in total. The number of nitrogens with zero attached hydrogens (tertiary/aromatic N) is 1. The Bertz CT molecular complexity index is 448. The molecule has 1 aromatic carbocycles. The number of hydrazone groups is 1. The quantitative estimate of drug-likeness (QED) is 0.643. The zero-order valence-corrected chi connectivity index (χ0v) is 12.3. The van der Waals surface area contributed by atoms with Gasteiger partial charge in [0, 0.05) is 11.2 Å². The van der Waals surface area contributed by atoms with E-state index in [2.05, 4.69) is 10.5 Å². The molecule has 1 saturated heterocycles. The van der Waals surface area contributed by atoms with Crippen LogP contribution in [0.1, 0.15) is 23.5 Å². The molecule has 1 aliphatic heterocycles. The molecule has 0 bridgehead atoms. The van der Waals surface area contributed by atoms with Gasteiger partial charge in [0.25, 0.3) is 0 Å². The van der Waals surface area contributed by atoms with Crippen LogP contribution >= 0.6 is 35.1 Å². The first-order chi connectivity index (χ1) is 8.72. The second-order valence-corrected chi connectivity index (χ2v) is 6.91. The number of halogens is 2. The van der Waals surface area contributed by atoms with Gasteiger partial charge in [0.2, 0.25) is 0 Å². The summed E-state index contributed by atoms with van der Waals surface area (Å²) in [5, 5.41) is 4.34. The van der Waals surface area contributed by atoms with Crippen molar-refractivity contribution in [3.05, 3.63) is 28.5 Å². The van der Waals surface area contributed by atoms with E-state index in [1.807, 2.05) is 23.5 Å². The van der Waals surface area contributed by atoms with Crippen molar-refractivity contribution >= 4 is 47.0 Å². The highest BCUT2D eigenvalue weighted by Crippen LogP contribution is 2.46. The summed E-state index contributed by atoms with van der Waals surface area (Å²) in [4.78, 5) is 0. The monoisotopic (exact) mass is 304 g/mol. The molecule has 6 heteroatoms. The average Bonchev–Trinajstić information content (AvgIpc) is 2.39. The Kier molecular flexibility index (Phi) is 5.21. The SMILES string of the molecule is CC=NNc1cc(C2SCCCS2)c(Cl)cc1F. The van der Waals surface area contributed by atoms with Gasteiger partial charge in [0.15, 0.2) is 0 Å². The number of benzene rings is 1. The number of nitrogens with one attached hydrogen (secondary N) is 1. The van der Waals surface area contributed by atoms with Crippen molar-refractivity contribution in [1.82, 2.24) is 0 Å². The molecule has 18 heavy (non-hydrogen) atoms. The first kappa shape index (κ1) is 14.0. The zero-order chi connectivity index (χ0) is 13.0. The smallest absolute Gasteiger partial charge is 0.149 e. The lowest BCUT2D eigenvalue weighted by Gasteiger charge is -2.22. The lowest BCUT2D eigenvalue weighted by atomic mass is 10.2. The van der Waals surface area contributed by atoms with E-state index in [0.29, 0.717) is 10.7 Å². The molecule has 98 valence electrons. The summed E-state index contributed by atoms with van der Waals surface area (Å²) < 4.78 is 14.0. The maximum absolute atomic E-state index is 13.7. The van der Waals surface area contributed by atoms with Crippen molar-refractivity contribution < 1.29 is 4.39 Å². The summed E-state index contributed by atoms with van der Waals surface area (Å²) in [5.41, 5.74) is 4.03. The second-order valence-electron chi connectivity index (χ2n) is 3.78. The molecule has 0 unspecified atom stereocenters. The Morgan fingerprint density at radius 3 is 2.83 bits per heavy atom. The molecule has 0 radical (unpaired) electrons.